The lowest BCUT2D eigenvalue weighted by Crippen LogP contribution is -2.15. The predicted octanol–water partition coefficient (Wildman–Crippen LogP) is 1.00. The van der Waals surface area contributed by atoms with Crippen molar-refractivity contribution in [3.8, 4) is 11.5 Å². The molecule has 1 atom stereocenters. The number of methoxy groups -OCH3 is 1. The summed E-state index contributed by atoms with van der Waals surface area (Å²) in [6.07, 6.45) is -0.513. The van der Waals surface area contributed by atoms with E-state index in [0.717, 1.165) is 0 Å². The number of rotatable bonds is 6. The van der Waals surface area contributed by atoms with Crippen LogP contribution in [-0.4, -0.2) is 24.7 Å². The van der Waals surface area contributed by atoms with Crippen molar-refractivity contribution in [1.29, 1.82) is 0 Å². The lowest BCUT2D eigenvalue weighted by molar-refractivity contribution is -0.118. The number of carbonyl (C=O) groups excluding carboxylic acids is 1. The Hall–Kier alpha value is -1.75. The highest BCUT2D eigenvalue weighted by Crippen LogP contribution is 2.29. The zero-order valence-electron chi connectivity index (χ0n) is 9.97. The van der Waals surface area contributed by atoms with Crippen molar-refractivity contribution in [3.05, 3.63) is 23.8 Å². The molecule has 0 saturated heterocycles. The molecule has 0 unspecified atom stereocenters. The maximum Gasteiger partial charge on any atom is 0.220 e. The molecule has 1 aromatic rings. The Kier molecular flexibility index (Phi) is 4.78. The van der Waals surface area contributed by atoms with Gasteiger partial charge in [0.2, 0.25) is 5.91 Å². The summed E-state index contributed by atoms with van der Waals surface area (Å²) in [6.45, 7) is 1.82. The van der Waals surface area contributed by atoms with E-state index in [2.05, 4.69) is 0 Å². The van der Waals surface area contributed by atoms with E-state index >= 15 is 0 Å². The van der Waals surface area contributed by atoms with Crippen LogP contribution in [-0.2, 0) is 4.79 Å². The molecule has 0 aliphatic rings. The number of benzene rings is 1. The average Bonchev–Trinajstić information content (AvgIpc) is 2.28. The molecule has 0 spiro atoms. The van der Waals surface area contributed by atoms with Crippen LogP contribution >= 0.6 is 0 Å². The number of carbonyl (C=O) groups is 1. The highest BCUT2D eigenvalue weighted by Gasteiger charge is 2.10. The summed E-state index contributed by atoms with van der Waals surface area (Å²) < 4.78 is 10.5. The Bertz CT molecular complexity index is 390. The Labute approximate surface area is 100 Å². The number of aliphatic hydroxyl groups is 1. The minimum absolute atomic E-state index is 0.135. The van der Waals surface area contributed by atoms with Gasteiger partial charge in [-0.25, -0.2) is 0 Å². The standard InChI is InChI=1S/C12H17NO4/c1-8(14)10-4-3-9(16-2)7-11(10)17-6-5-12(13)15/h3-4,7-8,14H,5-6H2,1-2H3,(H2,13,15)/t8-/m1/s1. The van der Waals surface area contributed by atoms with Gasteiger partial charge in [-0.1, -0.05) is 0 Å². The van der Waals surface area contributed by atoms with Crippen LogP contribution in [0.5, 0.6) is 11.5 Å². The summed E-state index contributed by atoms with van der Waals surface area (Å²) >= 11 is 0. The van der Waals surface area contributed by atoms with Gasteiger partial charge in [0.1, 0.15) is 11.5 Å². The molecular weight excluding hydrogens is 222 g/mol. The smallest absolute Gasteiger partial charge is 0.220 e. The molecule has 17 heavy (non-hydrogen) atoms. The largest absolute Gasteiger partial charge is 0.497 e. The van der Waals surface area contributed by atoms with Crippen molar-refractivity contribution in [3.63, 3.8) is 0 Å². The number of nitrogens with two attached hydrogens (primary N) is 1. The molecule has 94 valence electrons. The number of amides is 1. The second-order valence-corrected chi connectivity index (χ2v) is 3.64. The molecule has 1 amide bonds. The maximum absolute atomic E-state index is 10.6. The maximum atomic E-state index is 10.6. The van der Waals surface area contributed by atoms with Crippen LogP contribution in [0, 0.1) is 0 Å². The molecule has 0 fully saturated rings. The predicted molar refractivity (Wildman–Crippen MR) is 62.9 cm³/mol. The second-order valence-electron chi connectivity index (χ2n) is 3.64. The molecule has 0 aromatic heterocycles. The van der Waals surface area contributed by atoms with Crippen LogP contribution in [0.25, 0.3) is 0 Å². The highest BCUT2D eigenvalue weighted by atomic mass is 16.5. The van der Waals surface area contributed by atoms with Crippen molar-refractivity contribution < 1.29 is 19.4 Å². The van der Waals surface area contributed by atoms with E-state index in [1.807, 2.05) is 0 Å². The van der Waals surface area contributed by atoms with Gasteiger partial charge in [0.15, 0.2) is 0 Å². The number of hydrogen-bond acceptors (Lipinski definition) is 4. The van der Waals surface area contributed by atoms with E-state index in [4.69, 9.17) is 15.2 Å². The van der Waals surface area contributed by atoms with E-state index < -0.39 is 12.0 Å². The first-order valence-electron chi connectivity index (χ1n) is 5.31. The first-order valence-corrected chi connectivity index (χ1v) is 5.31. The minimum atomic E-state index is -0.649. The normalized spacial score (nSPS) is 11.9. The third-order valence-electron chi connectivity index (χ3n) is 2.28. The minimum Gasteiger partial charge on any atom is -0.497 e. The summed E-state index contributed by atoms with van der Waals surface area (Å²) in [5, 5.41) is 9.56. The molecule has 0 bridgehead atoms. The SMILES string of the molecule is COc1ccc([C@@H](C)O)c(OCCC(N)=O)c1. The summed E-state index contributed by atoms with van der Waals surface area (Å²) in [5.74, 6) is 0.704. The van der Waals surface area contributed by atoms with Crippen LogP contribution in [0.2, 0.25) is 0 Å². The molecular formula is C12H17NO4. The van der Waals surface area contributed by atoms with Crippen molar-refractivity contribution in [2.45, 2.75) is 19.4 Å². The third-order valence-corrected chi connectivity index (χ3v) is 2.28. The highest BCUT2D eigenvalue weighted by molar-refractivity contribution is 5.73. The zero-order valence-corrected chi connectivity index (χ0v) is 9.97. The fraction of sp³-hybridized carbons (Fsp3) is 0.417. The molecule has 0 heterocycles. The molecule has 5 nitrogen and oxygen atoms in total. The van der Waals surface area contributed by atoms with Crippen molar-refractivity contribution in [2.24, 2.45) is 5.73 Å². The van der Waals surface area contributed by atoms with E-state index in [9.17, 15) is 9.90 Å². The van der Waals surface area contributed by atoms with Gasteiger partial charge in [-0.05, 0) is 19.1 Å². The topological polar surface area (TPSA) is 81.8 Å². The average molecular weight is 239 g/mol. The second kappa shape index (κ2) is 6.10. The third kappa shape index (κ3) is 3.96. The molecule has 1 rings (SSSR count). The zero-order chi connectivity index (χ0) is 12.8. The van der Waals surface area contributed by atoms with Gasteiger partial charge in [-0.15, -0.1) is 0 Å². The number of ether oxygens (including phenoxy) is 2. The molecule has 3 N–H and O–H groups in total. The summed E-state index contributed by atoms with van der Waals surface area (Å²) in [5.41, 5.74) is 5.67. The molecule has 5 heteroatoms. The van der Waals surface area contributed by atoms with Crippen LogP contribution in [0.4, 0.5) is 0 Å². The number of hydrogen-bond donors (Lipinski definition) is 2. The van der Waals surface area contributed by atoms with Gasteiger partial charge in [-0.3, -0.25) is 4.79 Å². The lowest BCUT2D eigenvalue weighted by Gasteiger charge is -2.14. The number of aliphatic hydroxyl groups excluding tert-OH is 1. The first-order chi connectivity index (χ1) is 8.04. The van der Waals surface area contributed by atoms with E-state index in [1.165, 1.54) is 0 Å². The fourth-order valence-electron chi connectivity index (χ4n) is 1.37. The summed E-state index contributed by atoms with van der Waals surface area (Å²) in [7, 11) is 1.55. The number of primary amides is 1. The van der Waals surface area contributed by atoms with Crippen molar-refractivity contribution in [1.82, 2.24) is 0 Å². The van der Waals surface area contributed by atoms with Gasteiger partial charge < -0.3 is 20.3 Å². The monoisotopic (exact) mass is 239 g/mol. The molecule has 0 aliphatic heterocycles. The van der Waals surface area contributed by atoms with Crippen molar-refractivity contribution >= 4 is 5.91 Å². The Morgan fingerprint density at radius 2 is 2.24 bits per heavy atom. The Morgan fingerprint density at radius 3 is 2.76 bits per heavy atom. The van der Waals surface area contributed by atoms with Crippen LogP contribution in [0.15, 0.2) is 18.2 Å². The molecule has 0 aliphatic carbocycles. The van der Waals surface area contributed by atoms with E-state index in [-0.39, 0.29) is 13.0 Å². The first kappa shape index (κ1) is 13.3. The summed E-state index contributed by atoms with van der Waals surface area (Å²) in [4.78, 5) is 10.6. The van der Waals surface area contributed by atoms with Gasteiger partial charge in [0, 0.05) is 11.6 Å². The fourth-order valence-corrected chi connectivity index (χ4v) is 1.37. The van der Waals surface area contributed by atoms with E-state index in [0.29, 0.717) is 17.1 Å². The Morgan fingerprint density at radius 1 is 1.53 bits per heavy atom. The summed E-state index contributed by atoms with van der Waals surface area (Å²) in [6, 6.07) is 5.13. The van der Waals surface area contributed by atoms with Crippen LogP contribution in [0.3, 0.4) is 0 Å². The molecule has 0 saturated carbocycles. The quantitative estimate of drug-likeness (QED) is 0.776. The van der Waals surface area contributed by atoms with Gasteiger partial charge in [0.25, 0.3) is 0 Å². The molecule has 0 radical (unpaired) electrons. The molecule has 1 aromatic carbocycles. The van der Waals surface area contributed by atoms with E-state index in [1.54, 1.807) is 32.2 Å². The van der Waals surface area contributed by atoms with Gasteiger partial charge >= 0.3 is 0 Å². The van der Waals surface area contributed by atoms with Crippen molar-refractivity contribution in [2.75, 3.05) is 13.7 Å². The van der Waals surface area contributed by atoms with Crippen LogP contribution in [0.1, 0.15) is 25.0 Å². The van der Waals surface area contributed by atoms with Gasteiger partial charge in [0.05, 0.1) is 26.2 Å². The van der Waals surface area contributed by atoms with Crippen LogP contribution < -0.4 is 15.2 Å². The van der Waals surface area contributed by atoms with Gasteiger partial charge in [-0.2, -0.15) is 0 Å². The lowest BCUT2D eigenvalue weighted by atomic mass is 10.1. The Balaban J connectivity index is 2.81.